The van der Waals surface area contributed by atoms with Crippen molar-refractivity contribution in [1.29, 1.82) is 0 Å². The van der Waals surface area contributed by atoms with Crippen molar-refractivity contribution in [3.8, 4) is 6.07 Å². The van der Waals surface area contributed by atoms with Crippen molar-refractivity contribution in [3.05, 3.63) is 81.4 Å². The second kappa shape index (κ2) is 7.25. The van der Waals surface area contributed by atoms with Gasteiger partial charge in [0.1, 0.15) is 5.76 Å². The molecule has 2 N–H and O–H groups in total. The lowest BCUT2D eigenvalue weighted by molar-refractivity contribution is -0.132. The SMILES string of the molecule is C/C(O)=C(\C#[N+]c1ccc(C(=O)c2ccc(C)cc2)cc1)C(=O)O. The molecule has 0 saturated heterocycles. The molecule has 0 spiro atoms. The van der Waals surface area contributed by atoms with Crippen LogP contribution in [0.1, 0.15) is 28.4 Å². The average molecular weight is 322 g/mol. The van der Waals surface area contributed by atoms with Gasteiger partial charge in [0.05, 0.1) is 0 Å². The molecule has 2 aromatic rings. The molecular formula is C19H16NO4+. The van der Waals surface area contributed by atoms with E-state index in [1.807, 2.05) is 19.1 Å². The number of aryl methyl sites for hydroxylation is 1. The number of carbonyl (C=O) groups excluding carboxylic acids is 1. The summed E-state index contributed by atoms with van der Waals surface area (Å²) in [6.45, 7) is 3.20. The maximum Gasteiger partial charge on any atom is 0.354 e. The van der Waals surface area contributed by atoms with E-state index in [2.05, 4.69) is 10.9 Å². The monoisotopic (exact) mass is 322 g/mol. The summed E-state index contributed by atoms with van der Waals surface area (Å²) in [7, 11) is 0. The number of carboxylic acids is 1. The number of ketones is 1. The van der Waals surface area contributed by atoms with Crippen LogP contribution in [0.2, 0.25) is 0 Å². The number of carbonyl (C=O) groups is 2. The predicted molar refractivity (Wildman–Crippen MR) is 90.9 cm³/mol. The third kappa shape index (κ3) is 4.08. The molecular weight excluding hydrogens is 306 g/mol. The van der Waals surface area contributed by atoms with Crippen LogP contribution in [-0.4, -0.2) is 22.0 Å². The van der Waals surface area contributed by atoms with Crippen molar-refractivity contribution in [2.45, 2.75) is 13.8 Å². The lowest BCUT2D eigenvalue weighted by atomic mass is 10.0. The normalized spacial score (nSPS) is 11.1. The topological polar surface area (TPSA) is 79.0 Å². The van der Waals surface area contributed by atoms with Crippen LogP contribution >= 0.6 is 0 Å². The van der Waals surface area contributed by atoms with Crippen LogP contribution in [0.3, 0.4) is 0 Å². The van der Waals surface area contributed by atoms with Gasteiger partial charge in [0.25, 0.3) is 0 Å². The van der Waals surface area contributed by atoms with Crippen molar-refractivity contribution >= 4 is 17.4 Å². The summed E-state index contributed by atoms with van der Waals surface area (Å²) >= 11 is 0. The summed E-state index contributed by atoms with van der Waals surface area (Å²) in [5.74, 6) is -1.80. The smallest absolute Gasteiger partial charge is 0.354 e. The minimum absolute atomic E-state index is 0.105. The van der Waals surface area contributed by atoms with E-state index in [-0.39, 0.29) is 11.5 Å². The summed E-state index contributed by atoms with van der Waals surface area (Å²) in [5.41, 5.74) is 2.19. The van der Waals surface area contributed by atoms with Crippen LogP contribution in [0.5, 0.6) is 0 Å². The Labute approximate surface area is 139 Å². The molecule has 0 radical (unpaired) electrons. The highest BCUT2D eigenvalue weighted by Gasteiger charge is 2.16. The first-order chi connectivity index (χ1) is 11.4. The van der Waals surface area contributed by atoms with Gasteiger partial charge < -0.3 is 10.2 Å². The number of rotatable bonds is 3. The highest BCUT2D eigenvalue weighted by atomic mass is 16.4. The highest BCUT2D eigenvalue weighted by molar-refractivity contribution is 6.09. The largest absolute Gasteiger partial charge is 0.511 e. The van der Waals surface area contributed by atoms with E-state index in [1.54, 1.807) is 36.4 Å². The van der Waals surface area contributed by atoms with Crippen molar-refractivity contribution in [3.63, 3.8) is 0 Å². The molecule has 5 nitrogen and oxygen atoms in total. The highest BCUT2D eigenvalue weighted by Crippen LogP contribution is 2.17. The first-order valence-electron chi connectivity index (χ1n) is 7.20. The summed E-state index contributed by atoms with van der Waals surface area (Å²) in [6, 6.07) is 16.0. The summed E-state index contributed by atoms with van der Waals surface area (Å²) in [4.78, 5) is 27.1. The van der Waals surface area contributed by atoms with E-state index in [0.717, 1.165) is 5.56 Å². The molecule has 0 unspecified atom stereocenters. The Kier molecular flexibility index (Phi) is 5.13. The van der Waals surface area contributed by atoms with Gasteiger partial charge in [-0.25, -0.2) is 4.79 Å². The Morgan fingerprint density at radius 1 is 0.917 bits per heavy atom. The standard InChI is InChI=1S/C19H15NO4/c1-12-3-5-14(6-4-12)18(22)15-7-9-16(10-8-15)20-11-17(13(2)21)19(23)24/h3-10H,1-2H3,(H,23,24)/p+1. The van der Waals surface area contributed by atoms with Gasteiger partial charge in [-0.05, 0) is 30.8 Å². The minimum atomic E-state index is -1.31. The first kappa shape index (κ1) is 17.0. The van der Waals surface area contributed by atoms with Crippen LogP contribution in [0.15, 0.2) is 59.9 Å². The van der Waals surface area contributed by atoms with E-state index in [1.165, 1.54) is 6.92 Å². The number of aliphatic hydroxyl groups excluding tert-OH is 1. The van der Waals surface area contributed by atoms with E-state index in [9.17, 15) is 14.7 Å². The zero-order valence-electron chi connectivity index (χ0n) is 13.3. The molecule has 120 valence electrons. The van der Waals surface area contributed by atoms with Crippen LogP contribution < -0.4 is 0 Å². The third-order valence-corrected chi connectivity index (χ3v) is 3.32. The van der Waals surface area contributed by atoms with Gasteiger partial charge in [-0.3, -0.25) is 4.79 Å². The van der Waals surface area contributed by atoms with E-state index in [4.69, 9.17) is 5.11 Å². The lowest BCUT2D eigenvalue weighted by Gasteiger charge is -2.00. The van der Waals surface area contributed by atoms with Gasteiger partial charge in [0.2, 0.25) is 5.57 Å². The summed E-state index contributed by atoms with van der Waals surface area (Å²) in [5, 5.41) is 18.2. The molecule has 0 fully saturated rings. The number of benzene rings is 2. The lowest BCUT2D eigenvalue weighted by Crippen LogP contribution is -2.01. The molecule has 0 bridgehead atoms. The molecule has 0 aliphatic heterocycles. The summed E-state index contributed by atoms with van der Waals surface area (Å²) in [6.07, 6.45) is 0. The maximum absolute atomic E-state index is 12.3. The fourth-order valence-electron chi connectivity index (χ4n) is 1.96. The second-order valence-electron chi connectivity index (χ2n) is 5.23. The maximum atomic E-state index is 12.3. The molecule has 0 aliphatic carbocycles. The first-order valence-corrected chi connectivity index (χ1v) is 7.20. The zero-order chi connectivity index (χ0) is 17.7. The Hall–Kier alpha value is -3.39. The van der Waals surface area contributed by atoms with E-state index >= 15 is 0 Å². The van der Waals surface area contributed by atoms with E-state index in [0.29, 0.717) is 16.8 Å². The molecule has 24 heavy (non-hydrogen) atoms. The number of carboxylic acid groups (broad SMARTS) is 1. The van der Waals surface area contributed by atoms with E-state index < -0.39 is 11.5 Å². The number of aliphatic carboxylic acids is 1. The Bertz CT molecular complexity index is 862. The molecule has 0 amide bonds. The number of nitrogens with zero attached hydrogens (tertiary/aromatic N) is 1. The Balaban J connectivity index is 2.23. The van der Waals surface area contributed by atoms with Crippen molar-refractivity contribution < 1.29 is 19.8 Å². The van der Waals surface area contributed by atoms with Crippen molar-refractivity contribution in [2.24, 2.45) is 0 Å². The number of hydrogen-bond acceptors (Lipinski definition) is 3. The van der Waals surface area contributed by atoms with Gasteiger partial charge in [-0.1, -0.05) is 29.8 Å². The number of hydrogen-bond donors (Lipinski definition) is 2. The van der Waals surface area contributed by atoms with Crippen LogP contribution in [0.25, 0.3) is 4.85 Å². The Morgan fingerprint density at radius 3 is 1.88 bits per heavy atom. The molecule has 0 atom stereocenters. The van der Waals surface area contributed by atoms with Gasteiger partial charge in [0, 0.05) is 23.3 Å². The molecule has 0 aliphatic rings. The molecule has 2 aromatic carbocycles. The van der Waals surface area contributed by atoms with Gasteiger partial charge >= 0.3 is 17.7 Å². The molecule has 0 saturated carbocycles. The molecule has 2 rings (SSSR count). The third-order valence-electron chi connectivity index (χ3n) is 3.32. The fraction of sp³-hybridized carbons (Fsp3) is 0.105. The quantitative estimate of drug-likeness (QED) is 0.386. The minimum Gasteiger partial charge on any atom is -0.511 e. The average Bonchev–Trinajstić information content (AvgIpc) is 2.55. The van der Waals surface area contributed by atoms with Gasteiger partial charge in [0.15, 0.2) is 5.78 Å². The van der Waals surface area contributed by atoms with Crippen LogP contribution in [-0.2, 0) is 4.79 Å². The van der Waals surface area contributed by atoms with Crippen LogP contribution in [0, 0.1) is 13.0 Å². The molecule has 0 aromatic heterocycles. The predicted octanol–water partition coefficient (Wildman–Crippen LogP) is 4.11. The Morgan fingerprint density at radius 2 is 1.42 bits per heavy atom. The molecule has 0 heterocycles. The van der Waals surface area contributed by atoms with Gasteiger partial charge in [-0.2, -0.15) is 0 Å². The van der Waals surface area contributed by atoms with Crippen LogP contribution in [0.4, 0.5) is 5.69 Å². The second-order valence-corrected chi connectivity index (χ2v) is 5.23. The summed E-state index contributed by atoms with van der Waals surface area (Å²) < 4.78 is 0. The number of allylic oxidation sites excluding steroid dienone is 1. The number of aliphatic hydroxyl groups is 1. The zero-order valence-corrected chi connectivity index (χ0v) is 13.3. The van der Waals surface area contributed by atoms with Crippen molar-refractivity contribution in [1.82, 2.24) is 0 Å². The fourth-order valence-corrected chi connectivity index (χ4v) is 1.96. The van der Waals surface area contributed by atoms with Gasteiger partial charge in [-0.15, -0.1) is 0 Å². The molecule has 5 heteroatoms. The van der Waals surface area contributed by atoms with Crippen molar-refractivity contribution in [2.75, 3.05) is 0 Å².